The zero-order valence-electron chi connectivity index (χ0n) is 12.3. The van der Waals surface area contributed by atoms with Gasteiger partial charge < -0.3 is 9.52 Å². The molecule has 0 amide bonds. The molecular weight excluding hydrogens is 300 g/mol. The highest BCUT2D eigenvalue weighted by Crippen LogP contribution is 2.19. The first-order valence-electron chi connectivity index (χ1n) is 6.71. The summed E-state index contributed by atoms with van der Waals surface area (Å²) in [5.41, 5.74) is 1.10. The van der Waals surface area contributed by atoms with E-state index in [1.165, 1.54) is 36.6 Å². The highest BCUT2D eigenvalue weighted by molar-refractivity contribution is 6.01. The Morgan fingerprint density at radius 3 is 2.87 bits per heavy atom. The lowest BCUT2D eigenvalue weighted by molar-refractivity contribution is -0.402. The Labute approximate surface area is 131 Å². The first-order valence-corrected chi connectivity index (χ1v) is 6.71. The van der Waals surface area contributed by atoms with Gasteiger partial charge in [0.05, 0.1) is 11.6 Å². The van der Waals surface area contributed by atoms with Gasteiger partial charge >= 0.3 is 5.88 Å². The average Bonchev–Trinajstić information content (AvgIpc) is 2.98. The summed E-state index contributed by atoms with van der Waals surface area (Å²) in [7, 11) is 0. The number of ketones is 1. The molecule has 1 aromatic heterocycles. The van der Waals surface area contributed by atoms with E-state index in [1.54, 1.807) is 12.1 Å². The summed E-state index contributed by atoms with van der Waals surface area (Å²) in [6.07, 6.45) is 4.39. The molecule has 1 aromatic carbocycles. The number of nitrogens with zero attached hydrogens (tertiary/aromatic N) is 2. The molecule has 0 saturated carbocycles. The van der Waals surface area contributed by atoms with Gasteiger partial charge in [-0.05, 0) is 37.3 Å². The van der Waals surface area contributed by atoms with Crippen molar-refractivity contribution >= 4 is 24.0 Å². The molecule has 118 valence electrons. The molecule has 0 aliphatic heterocycles. The van der Waals surface area contributed by atoms with Crippen LogP contribution in [0.1, 0.15) is 21.7 Å². The standard InChI is InChI=1S/C16H14N2O5/c1-11-4-6-14(19)13(9-11)15(20)10-17-8-2-3-12-5-7-16(23-12)18(21)22/h2-9,19H,10H2,1H3/b3-2+,17-8?. The maximum atomic E-state index is 11.9. The van der Waals surface area contributed by atoms with Gasteiger partial charge in [0.15, 0.2) is 5.78 Å². The fourth-order valence-corrected chi connectivity index (χ4v) is 1.82. The van der Waals surface area contributed by atoms with Crippen molar-refractivity contribution in [1.82, 2.24) is 0 Å². The quantitative estimate of drug-likeness (QED) is 0.381. The van der Waals surface area contributed by atoms with Crippen molar-refractivity contribution < 1.29 is 19.2 Å². The van der Waals surface area contributed by atoms with Gasteiger partial charge in [0.25, 0.3) is 0 Å². The zero-order valence-corrected chi connectivity index (χ0v) is 12.3. The monoisotopic (exact) mass is 314 g/mol. The number of hydrogen-bond acceptors (Lipinski definition) is 6. The minimum atomic E-state index is -0.627. The van der Waals surface area contributed by atoms with E-state index in [4.69, 9.17) is 4.42 Å². The lowest BCUT2D eigenvalue weighted by atomic mass is 10.1. The van der Waals surface area contributed by atoms with Crippen molar-refractivity contribution in [3.8, 4) is 5.75 Å². The molecule has 0 radical (unpaired) electrons. The lowest BCUT2D eigenvalue weighted by Gasteiger charge is -2.02. The Morgan fingerprint density at radius 1 is 1.39 bits per heavy atom. The number of furan rings is 1. The molecule has 0 atom stereocenters. The van der Waals surface area contributed by atoms with Crippen LogP contribution in [0.25, 0.3) is 6.08 Å². The van der Waals surface area contributed by atoms with E-state index in [0.29, 0.717) is 5.76 Å². The molecule has 7 nitrogen and oxygen atoms in total. The van der Waals surface area contributed by atoms with Gasteiger partial charge in [-0.15, -0.1) is 0 Å². The molecule has 2 aromatic rings. The number of carbonyl (C=O) groups excluding carboxylic acids is 1. The molecule has 23 heavy (non-hydrogen) atoms. The van der Waals surface area contributed by atoms with Crippen molar-refractivity contribution in [2.24, 2.45) is 4.99 Å². The van der Waals surface area contributed by atoms with E-state index in [9.17, 15) is 20.0 Å². The van der Waals surface area contributed by atoms with Crippen LogP contribution in [-0.4, -0.2) is 28.6 Å². The topological polar surface area (TPSA) is 106 Å². The third kappa shape index (κ3) is 4.37. The number of rotatable bonds is 6. The van der Waals surface area contributed by atoms with Crippen LogP contribution in [0.3, 0.4) is 0 Å². The number of hydrogen-bond donors (Lipinski definition) is 1. The predicted octanol–water partition coefficient (Wildman–Crippen LogP) is 3.17. The molecule has 2 rings (SSSR count). The third-order valence-electron chi connectivity index (χ3n) is 2.93. The predicted molar refractivity (Wildman–Crippen MR) is 84.9 cm³/mol. The van der Waals surface area contributed by atoms with Crippen LogP contribution in [0.5, 0.6) is 5.75 Å². The fraction of sp³-hybridized carbons (Fsp3) is 0.125. The van der Waals surface area contributed by atoms with Gasteiger partial charge in [-0.2, -0.15) is 0 Å². The molecule has 0 saturated heterocycles. The fourth-order valence-electron chi connectivity index (χ4n) is 1.82. The second-order valence-electron chi connectivity index (χ2n) is 4.73. The second-order valence-corrected chi connectivity index (χ2v) is 4.73. The molecule has 0 fully saturated rings. The number of allylic oxidation sites excluding steroid dienone is 1. The first-order chi connectivity index (χ1) is 11.0. The van der Waals surface area contributed by atoms with E-state index >= 15 is 0 Å². The second kappa shape index (κ2) is 7.17. The summed E-state index contributed by atoms with van der Waals surface area (Å²) in [6.45, 7) is 1.71. The highest BCUT2D eigenvalue weighted by Gasteiger charge is 2.10. The van der Waals surface area contributed by atoms with Crippen molar-refractivity contribution in [2.45, 2.75) is 6.92 Å². The van der Waals surface area contributed by atoms with E-state index in [2.05, 4.69) is 4.99 Å². The van der Waals surface area contributed by atoms with E-state index in [-0.39, 0.29) is 29.5 Å². The summed E-state index contributed by atoms with van der Waals surface area (Å²) in [4.78, 5) is 25.7. The van der Waals surface area contributed by atoms with Gasteiger partial charge in [-0.1, -0.05) is 11.6 Å². The van der Waals surface area contributed by atoms with Crippen molar-refractivity contribution in [3.05, 3.63) is 63.4 Å². The normalized spacial score (nSPS) is 11.3. The molecule has 0 unspecified atom stereocenters. The lowest BCUT2D eigenvalue weighted by Crippen LogP contribution is -2.04. The van der Waals surface area contributed by atoms with Gasteiger partial charge in [0.1, 0.15) is 23.0 Å². The minimum Gasteiger partial charge on any atom is -0.507 e. The molecule has 0 aliphatic rings. The van der Waals surface area contributed by atoms with Crippen LogP contribution < -0.4 is 0 Å². The van der Waals surface area contributed by atoms with Crippen LogP contribution in [-0.2, 0) is 0 Å². The van der Waals surface area contributed by atoms with Crippen LogP contribution in [0.2, 0.25) is 0 Å². The van der Waals surface area contributed by atoms with Crippen LogP contribution in [0.15, 0.2) is 45.8 Å². The number of carbonyl (C=O) groups is 1. The van der Waals surface area contributed by atoms with Crippen LogP contribution in [0.4, 0.5) is 5.88 Å². The number of phenols is 1. The van der Waals surface area contributed by atoms with Gasteiger partial charge in [-0.25, -0.2) is 0 Å². The summed E-state index contributed by atoms with van der Waals surface area (Å²) >= 11 is 0. The van der Waals surface area contributed by atoms with Gasteiger partial charge in [0, 0.05) is 6.21 Å². The molecule has 1 heterocycles. The molecular formula is C16H14N2O5. The Kier molecular flexibility index (Phi) is 5.03. The van der Waals surface area contributed by atoms with Gasteiger partial charge in [0.2, 0.25) is 0 Å². The summed E-state index contributed by atoms with van der Waals surface area (Å²) in [6, 6.07) is 7.49. The number of aryl methyl sites for hydroxylation is 1. The van der Waals surface area contributed by atoms with Crippen LogP contribution >= 0.6 is 0 Å². The Bertz CT molecular complexity index is 790. The number of phenolic OH excluding ortho intramolecular Hbond substituents is 1. The van der Waals surface area contributed by atoms with E-state index in [1.807, 2.05) is 6.92 Å². The Morgan fingerprint density at radius 2 is 2.17 bits per heavy atom. The van der Waals surface area contributed by atoms with Gasteiger partial charge in [-0.3, -0.25) is 19.9 Å². The minimum absolute atomic E-state index is 0.0748. The zero-order chi connectivity index (χ0) is 16.8. The highest BCUT2D eigenvalue weighted by atomic mass is 16.6. The maximum absolute atomic E-state index is 11.9. The summed E-state index contributed by atoms with van der Waals surface area (Å²) in [5, 5.41) is 20.1. The number of aliphatic imine (C=N–C) groups is 1. The Balaban J connectivity index is 1.93. The molecule has 0 bridgehead atoms. The van der Waals surface area contributed by atoms with Crippen molar-refractivity contribution in [1.29, 1.82) is 0 Å². The van der Waals surface area contributed by atoms with E-state index in [0.717, 1.165) is 5.56 Å². The molecule has 0 aliphatic carbocycles. The third-order valence-corrected chi connectivity index (χ3v) is 2.93. The summed E-state index contributed by atoms with van der Waals surface area (Å²) < 4.78 is 4.92. The maximum Gasteiger partial charge on any atom is 0.433 e. The first kappa shape index (κ1) is 16.2. The molecule has 1 N–H and O–H groups in total. The number of aromatic hydroxyl groups is 1. The Hall–Kier alpha value is -3.22. The largest absolute Gasteiger partial charge is 0.507 e. The van der Waals surface area contributed by atoms with Crippen molar-refractivity contribution in [3.63, 3.8) is 0 Å². The molecule has 7 heteroatoms. The van der Waals surface area contributed by atoms with E-state index < -0.39 is 4.92 Å². The smallest absolute Gasteiger partial charge is 0.433 e. The van der Waals surface area contributed by atoms with Crippen molar-refractivity contribution in [2.75, 3.05) is 6.54 Å². The number of Topliss-reactive ketones (excluding diaryl/α,β-unsaturated/α-hetero) is 1. The van der Waals surface area contributed by atoms with Crippen LogP contribution in [0, 0.1) is 17.0 Å². The number of benzene rings is 1. The SMILES string of the molecule is Cc1ccc(O)c(C(=O)CN=C/C=C/c2ccc([N+](=O)[O-])o2)c1. The number of nitro groups is 1. The average molecular weight is 314 g/mol. The molecule has 0 spiro atoms. The summed E-state index contributed by atoms with van der Waals surface area (Å²) in [5.74, 6) is -0.406.